The molecule has 4 nitrogen and oxygen atoms in total. The van der Waals surface area contributed by atoms with Crippen LogP contribution in [0.3, 0.4) is 0 Å². The SMILES string of the molecule is CC[C@@H]1C[C@H]1Cn1ccn2ncc(C#N)c12. The number of imidazole rings is 1. The molecule has 0 N–H and O–H groups in total. The molecule has 0 amide bonds. The van der Waals surface area contributed by atoms with Crippen molar-refractivity contribution in [3.05, 3.63) is 24.2 Å². The van der Waals surface area contributed by atoms with E-state index < -0.39 is 0 Å². The van der Waals surface area contributed by atoms with E-state index in [1.54, 1.807) is 10.7 Å². The van der Waals surface area contributed by atoms with E-state index in [2.05, 4.69) is 22.7 Å². The fourth-order valence-electron chi connectivity index (χ4n) is 2.48. The monoisotopic (exact) mass is 214 g/mol. The Balaban J connectivity index is 1.92. The zero-order chi connectivity index (χ0) is 11.1. The van der Waals surface area contributed by atoms with Crippen LogP contribution in [0.5, 0.6) is 0 Å². The lowest BCUT2D eigenvalue weighted by Crippen LogP contribution is -2.00. The first-order chi connectivity index (χ1) is 7.83. The van der Waals surface area contributed by atoms with Crippen molar-refractivity contribution in [2.75, 3.05) is 0 Å². The molecule has 0 unspecified atom stereocenters. The molecule has 1 aliphatic carbocycles. The average molecular weight is 214 g/mol. The second kappa shape index (κ2) is 3.38. The summed E-state index contributed by atoms with van der Waals surface area (Å²) in [7, 11) is 0. The maximum Gasteiger partial charge on any atom is 0.153 e. The maximum absolute atomic E-state index is 9.00. The number of fused-ring (bicyclic) bond motifs is 1. The third-order valence-corrected chi connectivity index (χ3v) is 3.57. The lowest BCUT2D eigenvalue weighted by atomic mass is 10.2. The number of nitrogens with zero attached hydrogens (tertiary/aromatic N) is 4. The second-order valence-corrected chi connectivity index (χ2v) is 4.55. The summed E-state index contributed by atoms with van der Waals surface area (Å²) < 4.78 is 3.94. The van der Waals surface area contributed by atoms with Crippen LogP contribution < -0.4 is 0 Å². The van der Waals surface area contributed by atoms with Crippen LogP contribution in [-0.2, 0) is 6.54 Å². The Hall–Kier alpha value is -1.76. The van der Waals surface area contributed by atoms with Gasteiger partial charge in [0.25, 0.3) is 0 Å². The van der Waals surface area contributed by atoms with Gasteiger partial charge in [-0.05, 0) is 18.3 Å². The van der Waals surface area contributed by atoms with Gasteiger partial charge in [-0.2, -0.15) is 10.4 Å². The van der Waals surface area contributed by atoms with Crippen molar-refractivity contribution in [1.29, 1.82) is 5.26 Å². The van der Waals surface area contributed by atoms with E-state index in [1.807, 2.05) is 12.4 Å². The molecule has 0 aliphatic heterocycles. The van der Waals surface area contributed by atoms with E-state index in [1.165, 1.54) is 12.8 Å². The molecule has 3 rings (SSSR count). The van der Waals surface area contributed by atoms with Gasteiger partial charge in [0.1, 0.15) is 11.6 Å². The Morgan fingerprint density at radius 3 is 3.06 bits per heavy atom. The summed E-state index contributed by atoms with van der Waals surface area (Å²) in [6.07, 6.45) is 8.17. The van der Waals surface area contributed by atoms with Crippen molar-refractivity contribution in [3.8, 4) is 6.07 Å². The Morgan fingerprint density at radius 2 is 2.38 bits per heavy atom. The Morgan fingerprint density at radius 1 is 1.50 bits per heavy atom. The predicted octanol–water partition coefficient (Wildman–Crippen LogP) is 2.05. The molecule has 0 radical (unpaired) electrons. The standard InChI is InChI=1S/C12H14N4/c1-2-9-5-10(9)8-15-3-4-16-12(15)11(6-13)7-14-16/h3-4,7,9-10H,2,5,8H2,1H3/t9-,10+/m1/s1. The van der Waals surface area contributed by atoms with Crippen molar-refractivity contribution < 1.29 is 0 Å². The molecule has 2 aromatic heterocycles. The highest BCUT2D eigenvalue weighted by molar-refractivity contribution is 5.55. The van der Waals surface area contributed by atoms with E-state index in [0.717, 1.165) is 24.0 Å². The van der Waals surface area contributed by atoms with Crippen LogP contribution in [-0.4, -0.2) is 14.2 Å². The Bertz CT molecular complexity index is 557. The minimum atomic E-state index is 0.665. The lowest BCUT2D eigenvalue weighted by Gasteiger charge is -2.02. The van der Waals surface area contributed by atoms with Crippen LogP contribution >= 0.6 is 0 Å². The van der Waals surface area contributed by atoms with Gasteiger partial charge in [0.05, 0.1) is 6.20 Å². The van der Waals surface area contributed by atoms with Crippen LogP contribution in [0, 0.1) is 23.2 Å². The Labute approximate surface area is 94.1 Å². The summed E-state index contributed by atoms with van der Waals surface area (Å²) in [5, 5.41) is 13.1. The van der Waals surface area contributed by atoms with E-state index >= 15 is 0 Å². The fourth-order valence-corrected chi connectivity index (χ4v) is 2.48. The van der Waals surface area contributed by atoms with Gasteiger partial charge in [0.2, 0.25) is 0 Å². The predicted molar refractivity (Wildman–Crippen MR) is 59.8 cm³/mol. The van der Waals surface area contributed by atoms with Gasteiger partial charge in [0, 0.05) is 18.9 Å². The molecule has 82 valence electrons. The molecule has 0 saturated heterocycles. The number of hydrogen-bond acceptors (Lipinski definition) is 2. The van der Waals surface area contributed by atoms with Gasteiger partial charge < -0.3 is 4.57 Å². The first kappa shape index (κ1) is 9.46. The van der Waals surface area contributed by atoms with E-state index in [9.17, 15) is 0 Å². The molecule has 1 aliphatic rings. The summed E-state index contributed by atoms with van der Waals surface area (Å²) in [4.78, 5) is 0. The van der Waals surface area contributed by atoms with Gasteiger partial charge in [-0.25, -0.2) is 4.52 Å². The number of aromatic nitrogens is 3. The molecule has 2 heterocycles. The first-order valence-electron chi connectivity index (χ1n) is 5.76. The smallest absolute Gasteiger partial charge is 0.153 e. The molecule has 0 aromatic carbocycles. The highest BCUT2D eigenvalue weighted by Crippen LogP contribution is 2.42. The minimum Gasteiger partial charge on any atom is -0.330 e. The quantitative estimate of drug-likeness (QED) is 0.785. The Kier molecular flexibility index (Phi) is 2.00. The van der Waals surface area contributed by atoms with Crippen molar-refractivity contribution >= 4 is 5.65 Å². The molecule has 1 fully saturated rings. The van der Waals surface area contributed by atoms with Crippen LogP contribution in [0.4, 0.5) is 0 Å². The van der Waals surface area contributed by atoms with Crippen molar-refractivity contribution in [2.24, 2.45) is 11.8 Å². The molecule has 2 aromatic rings. The summed E-state index contributed by atoms with van der Waals surface area (Å²) in [6.45, 7) is 3.27. The lowest BCUT2D eigenvalue weighted by molar-refractivity contribution is 0.581. The van der Waals surface area contributed by atoms with Gasteiger partial charge in [-0.3, -0.25) is 0 Å². The molecular formula is C12H14N4. The summed E-state index contributed by atoms with van der Waals surface area (Å²) in [5.74, 6) is 1.68. The zero-order valence-electron chi connectivity index (χ0n) is 9.30. The van der Waals surface area contributed by atoms with Crippen LogP contribution in [0.1, 0.15) is 25.3 Å². The summed E-state index contributed by atoms with van der Waals surface area (Å²) in [5.41, 5.74) is 1.60. The molecular weight excluding hydrogens is 200 g/mol. The second-order valence-electron chi connectivity index (χ2n) is 4.55. The minimum absolute atomic E-state index is 0.665. The van der Waals surface area contributed by atoms with Gasteiger partial charge >= 0.3 is 0 Å². The average Bonchev–Trinajstić information content (AvgIpc) is 2.73. The highest BCUT2D eigenvalue weighted by atomic mass is 15.3. The van der Waals surface area contributed by atoms with E-state index in [-0.39, 0.29) is 0 Å². The fraction of sp³-hybridized carbons (Fsp3) is 0.500. The van der Waals surface area contributed by atoms with Crippen molar-refractivity contribution in [3.63, 3.8) is 0 Å². The number of rotatable bonds is 3. The molecule has 0 bridgehead atoms. The maximum atomic E-state index is 9.00. The van der Waals surface area contributed by atoms with E-state index in [4.69, 9.17) is 5.26 Å². The van der Waals surface area contributed by atoms with Crippen LogP contribution in [0.15, 0.2) is 18.6 Å². The van der Waals surface area contributed by atoms with Gasteiger partial charge in [-0.15, -0.1) is 0 Å². The third kappa shape index (κ3) is 1.32. The molecule has 1 saturated carbocycles. The number of nitriles is 1. The van der Waals surface area contributed by atoms with Crippen LogP contribution in [0.2, 0.25) is 0 Å². The third-order valence-electron chi connectivity index (χ3n) is 3.57. The zero-order valence-corrected chi connectivity index (χ0v) is 9.30. The van der Waals surface area contributed by atoms with E-state index in [0.29, 0.717) is 5.56 Å². The van der Waals surface area contributed by atoms with Gasteiger partial charge in [0.15, 0.2) is 5.65 Å². The normalized spacial score (nSPS) is 23.5. The first-order valence-corrected chi connectivity index (χ1v) is 5.76. The molecule has 2 atom stereocenters. The topological polar surface area (TPSA) is 46.0 Å². The molecule has 0 spiro atoms. The van der Waals surface area contributed by atoms with Gasteiger partial charge in [-0.1, -0.05) is 13.3 Å². The summed E-state index contributed by atoms with van der Waals surface area (Å²) >= 11 is 0. The highest BCUT2D eigenvalue weighted by Gasteiger charge is 2.35. The van der Waals surface area contributed by atoms with Crippen molar-refractivity contribution in [1.82, 2.24) is 14.2 Å². The molecule has 4 heteroatoms. The molecule has 16 heavy (non-hydrogen) atoms. The van der Waals surface area contributed by atoms with Crippen molar-refractivity contribution in [2.45, 2.75) is 26.3 Å². The number of hydrogen-bond donors (Lipinski definition) is 0. The summed E-state index contributed by atoms with van der Waals surface area (Å²) in [6, 6.07) is 2.19. The van der Waals surface area contributed by atoms with Crippen LogP contribution in [0.25, 0.3) is 5.65 Å². The largest absolute Gasteiger partial charge is 0.330 e.